The molecule has 0 atom stereocenters. The van der Waals surface area contributed by atoms with Crippen LogP contribution in [0.4, 0.5) is 0 Å². The lowest BCUT2D eigenvalue weighted by molar-refractivity contribution is -0.139. The van der Waals surface area contributed by atoms with Crippen molar-refractivity contribution in [2.24, 2.45) is 0 Å². The fourth-order valence-electron chi connectivity index (χ4n) is 3.22. The first-order valence-electron chi connectivity index (χ1n) is 9.74. The van der Waals surface area contributed by atoms with Gasteiger partial charge < -0.3 is 14.3 Å². The second-order valence-electron chi connectivity index (χ2n) is 6.84. The summed E-state index contributed by atoms with van der Waals surface area (Å²) in [5.74, 6) is 0.429. The minimum atomic E-state index is -1.81. The number of carbonyl (C=O) groups is 1. The lowest BCUT2D eigenvalue weighted by atomic mass is 10.1. The van der Waals surface area contributed by atoms with E-state index in [9.17, 15) is 4.79 Å². The van der Waals surface area contributed by atoms with Crippen molar-refractivity contribution in [2.45, 2.75) is 51.2 Å². The van der Waals surface area contributed by atoms with Crippen LogP contribution in [0.15, 0.2) is 54.6 Å². The summed E-state index contributed by atoms with van der Waals surface area (Å²) in [7, 11) is -1.81. The molecule has 0 spiro atoms. The second-order valence-corrected chi connectivity index (χ2v) is 11.3. The van der Waals surface area contributed by atoms with E-state index in [-0.39, 0.29) is 6.61 Å². The maximum atomic E-state index is 10.6. The van der Waals surface area contributed by atoms with E-state index in [1.165, 1.54) is 18.4 Å². The van der Waals surface area contributed by atoms with Crippen LogP contribution in [0.2, 0.25) is 18.1 Å². The molecule has 0 radical (unpaired) electrons. The third-order valence-electron chi connectivity index (χ3n) is 5.00. The zero-order chi connectivity index (χ0) is 19.5. The molecule has 0 saturated heterocycles. The Labute approximate surface area is 163 Å². The number of carboxylic acid groups (broad SMARTS) is 1. The average Bonchev–Trinajstić information content (AvgIpc) is 2.70. The third-order valence-corrected chi connectivity index (χ3v) is 9.51. The highest BCUT2D eigenvalue weighted by molar-refractivity contribution is 6.74. The van der Waals surface area contributed by atoms with Gasteiger partial charge >= 0.3 is 5.97 Å². The van der Waals surface area contributed by atoms with Gasteiger partial charge in [0, 0.05) is 0 Å². The molecule has 0 heterocycles. The maximum absolute atomic E-state index is 10.6. The van der Waals surface area contributed by atoms with Gasteiger partial charge in [-0.2, -0.15) is 0 Å². The summed E-state index contributed by atoms with van der Waals surface area (Å²) in [5, 5.41) is 8.68. The molecule has 2 aromatic carbocycles. The Morgan fingerprint density at radius 1 is 0.926 bits per heavy atom. The number of unbranched alkanes of at least 4 members (excludes halogenated alkanes) is 1. The Bertz CT molecular complexity index is 681. The Hall–Kier alpha value is -2.27. The number of aryl methyl sites for hydroxylation is 1. The molecule has 0 amide bonds. The quantitative estimate of drug-likeness (QED) is 0.384. The number of aliphatic carboxylic acids is 1. The van der Waals surface area contributed by atoms with Crippen LogP contribution in [0.3, 0.4) is 0 Å². The molecule has 0 aliphatic carbocycles. The predicted octanol–water partition coefficient (Wildman–Crippen LogP) is 5.54. The van der Waals surface area contributed by atoms with Gasteiger partial charge in [0.05, 0.1) is 0 Å². The zero-order valence-corrected chi connectivity index (χ0v) is 17.3. The number of benzene rings is 2. The van der Waals surface area contributed by atoms with Crippen LogP contribution in [0, 0.1) is 0 Å². The van der Waals surface area contributed by atoms with Crippen molar-refractivity contribution in [1.82, 2.24) is 0 Å². The highest BCUT2D eigenvalue weighted by atomic mass is 28.4. The summed E-state index contributed by atoms with van der Waals surface area (Å²) in [4.78, 5) is 10.6. The molecule has 4 nitrogen and oxygen atoms in total. The molecular formula is C22H30O4Si. The number of rotatable bonds is 12. The molecule has 5 heteroatoms. The lowest BCUT2D eigenvalue weighted by Crippen LogP contribution is -2.40. The minimum Gasteiger partial charge on any atom is -0.543 e. The van der Waals surface area contributed by atoms with Crippen LogP contribution in [0.25, 0.3) is 0 Å². The standard InChI is InChI=1S/C22H30O4Si/c1-3-27(4-2,17-9-8-12-19-10-6-5-7-11-19)26-21-15-13-20(14-16-21)25-18-22(23)24/h5-7,10-11,13-16H,3-4,8-9,12,17-18H2,1-2H3,(H,23,24). The Morgan fingerprint density at radius 3 is 2.15 bits per heavy atom. The normalized spacial score (nSPS) is 11.2. The number of hydrogen-bond donors (Lipinski definition) is 1. The highest BCUT2D eigenvalue weighted by Crippen LogP contribution is 2.29. The van der Waals surface area contributed by atoms with Gasteiger partial charge in [0.25, 0.3) is 8.32 Å². The first kappa shape index (κ1) is 21.0. The van der Waals surface area contributed by atoms with Crippen molar-refractivity contribution in [2.75, 3.05) is 6.61 Å². The first-order chi connectivity index (χ1) is 13.1. The van der Waals surface area contributed by atoms with Gasteiger partial charge in [-0.3, -0.25) is 0 Å². The van der Waals surface area contributed by atoms with Gasteiger partial charge in [-0.25, -0.2) is 4.79 Å². The smallest absolute Gasteiger partial charge is 0.341 e. The second kappa shape index (κ2) is 10.8. The van der Waals surface area contributed by atoms with Crippen LogP contribution >= 0.6 is 0 Å². The van der Waals surface area contributed by atoms with E-state index in [4.69, 9.17) is 14.3 Å². The Morgan fingerprint density at radius 2 is 1.56 bits per heavy atom. The monoisotopic (exact) mass is 386 g/mol. The van der Waals surface area contributed by atoms with Crippen molar-refractivity contribution in [3.05, 3.63) is 60.2 Å². The summed E-state index contributed by atoms with van der Waals surface area (Å²) < 4.78 is 11.7. The number of ether oxygens (including phenoxy) is 1. The zero-order valence-electron chi connectivity index (χ0n) is 16.3. The van der Waals surface area contributed by atoms with Gasteiger partial charge in [0.2, 0.25) is 0 Å². The fraction of sp³-hybridized carbons (Fsp3) is 0.409. The van der Waals surface area contributed by atoms with E-state index < -0.39 is 14.3 Å². The van der Waals surface area contributed by atoms with Gasteiger partial charge in [0.15, 0.2) is 6.61 Å². The van der Waals surface area contributed by atoms with Gasteiger partial charge in [-0.05, 0) is 60.8 Å². The summed E-state index contributed by atoms with van der Waals surface area (Å²) in [6, 6.07) is 21.3. The van der Waals surface area contributed by atoms with E-state index in [0.717, 1.165) is 30.3 Å². The van der Waals surface area contributed by atoms with E-state index >= 15 is 0 Å². The molecule has 146 valence electrons. The van der Waals surface area contributed by atoms with Gasteiger partial charge in [-0.1, -0.05) is 50.6 Å². The van der Waals surface area contributed by atoms with Gasteiger partial charge in [-0.15, -0.1) is 0 Å². The highest BCUT2D eigenvalue weighted by Gasteiger charge is 2.32. The van der Waals surface area contributed by atoms with Crippen LogP contribution < -0.4 is 9.16 Å². The predicted molar refractivity (Wildman–Crippen MR) is 111 cm³/mol. The molecular weight excluding hydrogens is 356 g/mol. The number of carboxylic acids is 1. The third kappa shape index (κ3) is 7.10. The van der Waals surface area contributed by atoms with Crippen LogP contribution in [0.5, 0.6) is 11.5 Å². The van der Waals surface area contributed by atoms with E-state index in [1.807, 2.05) is 12.1 Å². The molecule has 0 aromatic heterocycles. The van der Waals surface area contributed by atoms with Crippen molar-refractivity contribution < 1.29 is 19.1 Å². The van der Waals surface area contributed by atoms with Crippen molar-refractivity contribution in [3.63, 3.8) is 0 Å². The molecule has 0 aliphatic heterocycles. The molecule has 0 fully saturated rings. The summed E-state index contributed by atoms with van der Waals surface area (Å²) >= 11 is 0. The topological polar surface area (TPSA) is 55.8 Å². The first-order valence-corrected chi connectivity index (χ1v) is 12.3. The van der Waals surface area contributed by atoms with Crippen LogP contribution in [-0.2, 0) is 11.2 Å². The molecule has 0 aliphatic rings. The van der Waals surface area contributed by atoms with Crippen LogP contribution in [-0.4, -0.2) is 26.0 Å². The SMILES string of the molecule is CC[Si](CC)(CCCCc1ccccc1)Oc1ccc(OCC(=O)O)cc1. The average molecular weight is 387 g/mol. The van der Waals surface area contributed by atoms with Crippen molar-refractivity contribution in [3.8, 4) is 11.5 Å². The van der Waals surface area contributed by atoms with Crippen LogP contribution in [0.1, 0.15) is 32.3 Å². The Balaban J connectivity index is 1.87. The molecule has 2 rings (SSSR count). The van der Waals surface area contributed by atoms with Gasteiger partial charge in [0.1, 0.15) is 11.5 Å². The minimum absolute atomic E-state index is 0.329. The molecule has 2 aromatic rings. The summed E-state index contributed by atoms with van der Waals surface area (Å²) in [6.45, 7) is 4.14. The molecule has 27 heavy (non-hydrogen) atoms. The molecule has 1 N–H and O–H groups in total. The van der Waals surface area contributed by atoms with Crippen molar-refractivity contribution >= 4 is 14.3 Å². The molecule has 0 unspecified atom stereocenters. The maximum Gasteiger partial charge on any atom is 0.341 e. The summed E-state index contributed by atoms with van der Waals surface area (Å²) in [6.07, 6.45) is 3.49. The molecule has 0 bridgehead atoms. The fourth-order valence-corrected chi connectivity index (χ4v) is 6.35. The number of hydrogen-bond acceptors (Lipinski definition) is 3. The molecule has 0 saturated carbocycles. The van der Waals surface area contributed by atoms with E-state index in [1.54, 1.807) is 12.1 Å². The van der Waals surface area contributed by atoms with E-state index in [2.05, 4.69) is 44.2 Å². The lowest BCUT2D eigenvalue weighted by Gasteiger charge is -2.30. The Kier molecular flexibility index (Phi) is 8.39. The van der Waals surface area contributed by atoms with Crippen molar-refractivity contribution in [1.29, 1.82) is 0 Å². The summed E-state index contributed by atoms with van der Waals surface area (Å²) in [5.41, 5.74) is 1.40. The largest absolute Gasteiger partial charge is 0.543 e. The van der Waals surface area contributed by atoms with E-state index in [0.29, 0.717) is 5.75 Å².